The minimum absolute atomic E-state index is 0.0507. The van der Waals surface area contributed by atoms with Crippen LogP contribution in [0.1, 0.15) is 53.1 Å². The zero-order chi connectivity index (χ0) is 28.4. The van der Waals surface area contributed by atoms with Crippen molar-refractivity contribution < 1.29 is 23.1 Å². The lowest BCUT2D eigenvalue weighted by Gasteiger charge is -2.32. The molecule has 10 heteroatoms. The third-order valence-electron chi connectivity index (χ3n) is 7.46. The Labute approximate surface area is 231 Å². The molecule has 1 aliphatic carbocycles. The number of nitrogen functional groups attached to an aromatic ring is 1. The number of hydrogen-bond acceptors (Lipinski definition) is 6. The molecular weight excluding hydrogens is 516 g/mol. The Balaban J connectivity index is 1.38. The number of nitrogens with one attached hydrogen (secondary N) is 1. The fourth-order valence-electron chi connectivity index (χ4n) is 5.08. The topological polar surface area (TPSA) is 110 Å². The number of hydrogen-bond donors (Lipinski definition) is 2. The first-order chi connectivity index (χ1) is 19.2. The van der Waals surface area contributed by atoms with Crippen molar-refractivity contribution in [2.24, 2.45) is 5.92 Å². The molecule has 2 fully saturated rings. The molecule has 2 amide bonds. The molecule has 2 heterocycles. The van der Waals surface area contributed by atoms with Gasteiger partial charge in [-0.05, 0) is 80.0 Å². The van der Waals surface area contributed by atoms with Gasteiger partial charge >= 0.3 is 0 Å². The van der Waals surface area contributed by atoms with E-state index in [0.29, 0.717) is 30.1 Å². The first kappa shape index (κ1) is 27.2. The van der Waals surface area contributed by atoms with Crippen LogP contribution < -0.4 is 15.8 Å². The summed E-state index contributed by atoms with van der Waals surface area (Å²) in [7, 11) is 0. The summed E-state index contributed by atoms with van der Waals surface area (Å²) in [5.41, 5.74) is 8.16. The zero-order valence-corrected chi connectivity index (χ0v) is 22.3. The number of benzene rings is 2. The van der Waals surface area contributed by atoms with Gasteiger partial charge in [0.1, 0.15) is 23.7 Å². The number of carbonyl (C=O) groups is 2. The molecule has 3 aromatic rings. The molecule has 2 aromatic carbocycles. The van der Waals surface area contributed by atoms with Gasteiger partial charge in [0.25, 0.3) is 5.91 Å². The van der Waals surface area contributed by atoms with Gasteiger partial charge in [-0.15, -0.1) is 0 Å². The minimum Gasteiger partial charge on any atom is -0.487 e. The summed E-state index contributed by atoms with van der Waals surface area (Å²) in [4.78, 5) is 35.1. The fourth-order valence-corrected chi connectivity index (χ4v) is 5.08. The van der Waals surface area contributed by atoms with Crippen LogP contribution in [0.4, 0.5) is 20.3 Å². The van der Waals surface area contributed by atoms with E-state index < -0.39 is 17.5 Å². The summed E-state index contributed by atoms with van der Waals surface area (Å²) >= 11 is 0. The van der Waals surface area contributed by atoms with Gasteiger partial charge in [-0.25, -0.2) is 18.7 Å². The quantitative estimate of drug-likeness (QED) is 0.373. The third kappa shape index (κ3) is 5.80. The number of ether oxygens (including phenoxy) is 1. The van der Waals surface area contributed by atoms with Crippen LogP contribution in [0.5, 0.6) is 5.75 Å². The number of carbonyl (C=O) groups excluding carboxylic acids is 2. The normalized spacial score (nSPS) is 16.9. The van der Waals surface area contributed by atoms with Crippen LogP contribution in [0.3, 0.4) is 0 Å². The average Bonchev–Trinajstić information content (AvgIpc) is 3.79. The van der Waals surface area contributed by atoms with Crippen molar-refractivity contribution in [2.45, 2.75) is 38.5 Å². The fraction of sp³-hybridized carbons (Fsp3) is 0.333. The van der Waals surface area contributed by atoms with Gasteiger partial charge in [0.2, 0.25) is 5.91 Å². The summed E-state index contributed by atoms with van der Waals surface area (Å²) in [6.07, 6.45) is 6.27. The second kappa shape index (κ2) is 11.4. The van der Waals surface area contributed by atoms with E-state index in [-0.39, 0.29) is 46.9 Å². The number of rotatable bonds is 8. The molecule has 208 valence electrons. The highest BCUT2D eigenvalue weighted by Crippen LogP contribution is 2.41. The molecule has 1 saturated carbocycles. The van der Waals surface area contributed by atoms with Crippen molar-refractivity contribution in [1.29, 1.82) is 0 Å². The monoisotopic (exact) mass is 547 g/mol. The Bertz CT molecular complexity index is 1470. The molecule has 0 radical (unpaired) electrons. The summed E-state index contributed by atoms with van der Waals surface area (Å²) in [6, 6.07) is 7.05. The van der Waals surface area contributed by atoms with Crippen molar-refractivity contribution >= 4 is 23.3 Å². The summed E-state index contributed by atoms with van der Waals surface area (Å²) in [5, 5.41) is 2.64. The maximum atomic E-state index is 14.8. The Morgan fingerprint density at radius 3 is 2.73 bits per heavy atom. The molecular formula is C30H31F2N5O3. The largest absolute Gasteiger partial charge is 0.487 e. The number of anilines is 2. The molecule has 1 aromatic heterocycles. The lowest BCUT2D eigenvalue weighted by Crippen LogP contribution is -2.40. The van der Waals surface area contributed by atoms with Gasteiger partial charge in [0.15, 0.2) is 11.6 Å². The molecule has 3 N–H and O–H groups in total. The van der Waals surface area contributed by atoms with Gasteiger partial charge in [0.05, 0.1) is 12.2 Å². The van der Waals surface area contributed by atoms with Crippen LogP contribution in [0.15, 0.2) is 49.3 Å². The standard InChI is InChI=1S/C30H31F2N5O3/c1-3-26(38)37-10-4-5-18(14-37)15-40-28-27(34-16-35-29(28)33)23-12-21(31)13-25(17(23)2)36-30(39)22-9-8-20(11-24(22)32)19-6-7-19/h3,8-9,11-13,16,18-19H,1,4-7,10,14-15H2,2H3,(H,36,39)(H2,33,34,35). The molecule has 2 aliphatic rings. The second-order valence-corrected chi connectivity index (χ2v) is 10.3. The van der Waals surface area contributed by atoms with Crippen LogP contribution in [-0.2, 0) is 4.79 Å². The smallest absolute Gasteiger partial charge is 0.258 e. The average molecular weight is 548 g/mol. The molecule has 1 unspecified atom stereocenters. The third-order valence-corrected chi connectivity index (χ3v) is 7.46. The lowest BCUT2D eigenvalue weighted by atomic mass is 9.98. The van der Waals surface area contributed by atoms with Crippen molar-refractivity contribution in [3.05, 3.63) is 77.6 Å². The van der Waals surface area contributed by atoms with Crippen LogP contribution >= 0.6 is 0 Å². The number of piperidine rings is 1. The predicted molar refractivity (Wildman–Crippen MR) is 148 cm³/mol. The Morgan fingerprint density at radius 1 is 1.20 bits per heavy atom. The number of nitrogens with two attached hydrogens (primary N) is 1. The highest BCUT2D eigenvalue weighted by Gasteiger charge is 2.27. The van der Waals surface area contributed by atoms with Gasteiger partial charge in [-0.1, -0.05) is 12.6 Å². The van der Waals surface area contributed by atoms with E-state index in [1.807, 2.05) is 0 Å². The van der Waals surface area contributed by atoms with E-state index in [1.54, 1.807) is 17.9 Å². The van der Waals surface area contributed by atoms with Crippen LogP contribution in [0.2, 0.25) is 0 Å². The Hall–Kier alpha value is -4.34. The number of aromatic nitrogens is 2. The van der Waals surface area contributed by atoms with Crippen molar-refractivity contribution in [1.82, 2.24) is 14.9 Å². The predicted octanol–water partition coefficient (Wildman–Crippen LogP) is 5.25. The number of likely N-dealkylation sites (tertiary alicyclic amines) is 1. The van der Waals surface area contributed by atoms with Gasteiger partial charge < -0.3 is 20.7 Å². The van der Waals surface area contributed by atoms with E-state index in [0.717, 1.165) is 31.2 Å². The van der Waals surface area contributed by atoms with Gasteiger partial charge in [0, 0.05) is 30.3 Å². The second-order valence-electron chi connectivity index (χ2n) is 10.3. The number of halogens is 2. The molecule has 0 spiro atoms. The van der Waals surface area contributed by atoms with E-state index >= 15 is 0 Å². The highest BCUT2D eigenvalue weighted by molar-refractivity contribution is 6.05. The first-order valence-corrected chi connectivity index (χ1v) is 13.3. The maximum Gasteiger partial charge on any atom is 0.258 e. The zero-order valence-electron chi connectivity index (χ0n) is 22.3. The van der Waals surface area contributed by atoms with Crippen molar-refractivity contribution in [3.8, 4) is 17.0 Å². The molecule has 0 bridgehead atoms. The van der Waals surface area contributed by atoms with Crippen molar-refractivity contribution in [3.63, 3.8) is 0 Å². The highest BCUT2D eigenvalue weighted by atomic mass is 19.1. The SMILES string of the molecule is C=CC(=O)N1CCCC(COc2c(N)ncnc2-c2cc(F)cc(NC(=O)c3ccc(C4CC4)cc3F)c2C)C1. The molecule has 1 atom stereocenters. The van der Waals surface area contributed by atoms with Crippen molar-refractivity contribution in [2.75, 3.05) is 30.7 Å². The van der Waals surface area contributed by atoms with E-state index in [9.17, 15) is 18.4 Å². The lowest BCUT2D eigenvalue weighted by molar-refractivity contribution is -0.127. The Morgan fingerprint density at radius 2 is 2.00 bits per heavy atom. The molecule has 40 heavy (non-hydrogen) atoms. The summed E-state index contributed by atoms with van der Waals surface area (Å²) in [6.45, 7) is 6.67. The van der Waals surface area contributed by atoms with Gasteiger partial charge in [-0.3, -0.25) is 9.59 Å². The van der Waals surface area contributed by atoms with E-state index in [1.165, 1.54) is 36.7 Å². The van der Waals surface area contributed by atoms with E-state index in [2.05, 4.69) is 21.9 Å². The minimum atomic E-state index is -0.686. The van der Waals surface area contributed by atoms with E-state index in [4.69, 9.17) is 10.5 Å². The number of amides is 2. The molecule has 1 aliphatic heterocycles. The molecule has 1 saturated heterocycles. The Kier molecular flexibility index (Phi) is 7.77. The van der Waals surface area contributed by atoms with Crippen LogP contribution in [0.25, 0.3) is 11.3 Å². The molecule has 5 rings (SSSR count). The summed E-state index contributed by atoms with van der Waals surface area (Å²) in [5.74, 6) is -1.40. The molecule has 8 nitrogen and oxygen atoms in total. The maximum absolute atomic E-state index is 14.8. The number of nitrogens with zero attached hydrogens (tertiary/aromatic N) is 3. The summed E-state index contributed by atoms with van der Waals surface area (Å²) < 4.78 is 35.7. The first-order valence-electron chi connectivity index (χ1n) is 13.3. The van der Waals surface area contributed by atoms with Gasteiger partial charge in [-0.2, -0.15) is 0 Å². The van der Waals surface area contributed by atoms with Crippen LogP contribution in [-0.4, -0.2) is 46.4 Å². The van der Waals surface area contributed by atoms with Crippen LogP contribution in [0, 0.1) is 24.5 Å².